The van der Waals surface area contributed by atoms with Crippen LogP contribution in [0.3, 0.4) is 0 Å². The van der Waals surface area contributed by atoms with E-state index in [0.717, 1.165) is 11.6 Å². The van der Waals surface area contributed by atoms with E-state index >= 15 is 0 Å². The average molecular weight is 431 g/mol. The third kappa shape index (κ3) is 3.37. The molecule has 0 atom stereocenters. The van der Waals surface area contributed by atoms with Crippen molar-refractivity contribution in [3.63, 3.8) is 0 Å². The van der Waals surface area contributed by atoms with E-state index in [1.54, 1.807) is 13.0 Å². The van der Waals surface area contributed by atoms with Gasteiger partial charge in [-0.2, -0.15) is 0 Å². The molecule has 1 aliphatic carbocycles. The number of aromatic carboxylic acids is 2. The van der Waals surface area contributed by atoms with E-state index in [9.17, 15) is 24.6 Å². The van der Waals surface area contributed by atoms with E-state index in [0.29, 0.717) is 51.2 Å². The zero-order valence-corrected chi connectivity index (χ0v) is 17.8. The summed E-state index contributed by atoms with van der Waals surface area (Å²) in [6.45, 7) is 6.05. The molecule has 2 aromatic rings. The summed E-state index contributed by atoms with van der Waals surface area (Å²) in [4.78, 5) is 36.2. The maximum atomic E-state index is 12.6. The zero-order valence-electron chi connectivity index (χ0n) is 17.8. The fraction of sp³-hybridized carbons (Fsp3) is 0.160. The molecule has 0 spiro atoms. The van der Waals surface area contributed by atoms with Crippen LogP contribution >= 0.6 is 0 Å². The monoisotopic (exact) mass is 431 g/mol. The number of fused-ring (bicyclic) bond motifs is 2. The lowest BCUT2D eigenvalue weighted by atomic mass is 9.87. The molecule has 0 saturated heterocycles. The second-order valence-corrected chi connectivity index (χ2v) is 7.63. The number of anilines is 1. The SMILES string of the molecule is CCNc1c2c(-c3ccc(C(=O)O)cc3C(=O)O)c3cc(C)ccc3oc-2cc(=O)c1C. The predicted octanol–water partition coefficient (Wildman–Crippen LogP) is 5.01. The number of hydrogen-bond donors (Lipinski definition) is 3. The number of hydrogen-bond acceptors (Lipinski definition) is 5. The third-order valence-corrected chi connectivity index (χ3v) is 5.50. The Morgan fingerprint density at radius 1 is 0.969 bits per heavy atom. The fourth-order valence-electron chi connectivity index (χ4n) is 3.99. The Bertz CT molecular complexity index is 1430. The van der Waals surface area contributed by atoms with Crippen molar-refractivity contribution in [1.29, 1.82) is 0 Å². The molecule has 0 radical (unpaired) electrons. The minimum Gasteiger partial charge on any atom is -0.478 e. The molecule has 2 aromatic carbocycles. The van der Waals surface area contributed by atoms with Crippen LogP contribution in [0.1, 0.15) is 38.8 Å². The molecule has 7 nitrogen and oxygen atoms in total. The van der Waals surface area contributed by atoms with Gasteiger partial charge in [-0.15, -0.1) is 0 Å². The highest BCUT2D eigenvalue weighted by Gasteiger charge is 2.26. The van der Waals surface area contributed by atoms with Gasteiger partial charge in [-0.25, -0.2) is 9.59 Å². The Labute approximate surface area is 183 Å². The van der Waals surface area contributed by atoms with Gasteiger partial charge in [-0.1, -0.05) is 17.7 Å². The topological polar surface area (TPSA) is 117 Å². The number of carboxylic acid groups (broad SMARTS) is 2. The van der Waals surface area contributed by atoms with Crippen LogP contribution in [-0.4, -0.2) is 28.7 Å². The van der Waals surface area contributed by atoms with Crippen LogP contribution in [-0.2, 0) is 0 Å². The average Bonchev–Trinajstić information content (AvgIpc) is 2.75. The molecule has 4 rings (SSSR count). The van der Waals surface area contributed by atoms with E-state index in [4.69, 9.17) is 4.42 Å². The molecule has 0 unspecified atom stereocenters. The van der Waals surface area contributed by atoms with Crippen molar-refractivity contribution in [3.05, 3.63) is 74.9 Å². The molecule has 1 heterocycles. The van der Waals surface area contributed by atoms with Crippen LogP contribution < -0.4 is 10.7 Å². The van der Waals surface area contributed by atoms with Gasteiger partial charge in [0.1, 0.15) is 11.3 Å². The Balaban J connectivity index is 2.27. The second kappa shape index (κ2) is 7.85. The maximum Gasteiger partial charge on any atom is 0.336 e. The number of rotatable bonds is 5. The summed E-state index contributed by atoms with van der Waals surface area (Å²) in [5, 5.41) is 23.2. The van der Waals surface area contributed by atoms with Gasteiger partial charge in [0.2, 0.25) is 0 Å². The van der Waals surface area contributed by atoms with Crippen LogP contribution in [0, 0.1) is 13.8 Å². The summed E-state index contributed by atoms with van der Waals surface area (Å²) in [6, 6.07) is 11.0. The van der Waals surface area contributed by atoms with Crippen LogP contribution in [0.25, 0.3) is 33.4 Å². The highest BCUT2D eigenvalue weighted by molar-refractivity contribution is 6.10. The molecule has 7 heteroatoms. The number of carbonyl (C=O) groups is 2. The molecule has 3 N–H and O–H groups in total. The van der Waals surface area contributed by atoms with Gasteiger partial charge < -0.3 is 19.9 Å². The van der Waals surface area contributed by atoms with E-state index in [1.165, 1.54) is 18.2 Å². The van der Waals surface area contributed by atoms with Crippen molar-refractivity contribution < 1.29 is 24.2 Å². The molecule has 1 aliphatic heterocycles. The van der Waals surface area contributed by atoms with Gasteiger partial charge in [-0.05, 0) is 50.6 Å². The number of aryl methyl sites for hydroxylation is 1. The molecule has 2 aliphatic rings. The van der Waals surface area contributed by atoms with Gasteiger partial charge in [0.25, 0.3) is 0 Å². The van der Waals surface area contributed by atoms with Crippen molar-refractivity contribution in [2.24, 2.45) is 0 Å². The van der Waals surface area contributed by atoms with E-state index in [2.05, 4.69) is 5.32 Å². The summed E-state index contributed by atoms with van der Waals surface area (Å²) in [6.07, 6.45) is 0. The first-order valence-electron chi connectivity index (χ1n) is 10.1. The highest BCUT2D eigenvalue weighted by Crippen LogP contribution is 2.45. The first-order valence-corrected chi connectivity index (χ1v) is 10.1. The molecule has 0 saturated carbocycles. The standard InChI is InChI=1S/C25H21NO6/c1-4-26-23-13(3)18(27)11-20-22(23)21(17-9-12(2)5-8-19(17)32-20)15-7-6-14(24(28)29)10-16(15)25(30)31/h5-11,26H,4H2,1-3H3,(H,28,29)(H,30,31). The van der Waals surface area contributed by atoms with Crippen LogP contribution in [0.2, 0.25) is 0 Å². The van der Waals surface area contributed by atoms with Gasteiger partial charge in [-0.3, -0.25) is 4.79 Å². The number of carboxylic acids is 2. The number of nitrogens with one attached hydrogen (secondary N) is 1. The summed E-state index contributed by atoms with van der Waals surface area (Å²) in [5.41, 5.74) is 3.50. The third-order valence-electron chi connectivity index (χ3n) is 5.50. The van der Waals surface area contributed by atoms with Gasteiger partial charge >= 0.3 is 11.9 Å². The first kappa shape index (κ1) is 21.1. The lowest BCUT2D eigenvalue weighted by Gasteiger charge is -2.22. The van der Waals surface area contributed by atoms with Crippen molar-refractivity contribution in [2.45, 2.75) is 20.8 Å². The lowest BCUT2D eigenvalue weighted by molar-refractivity contribution is 0.0696. The van der Waals surface area contributed by atoms with Crippen LogP contribution in [0.15, 0.2) is 51.7 Å². The Morgan fingerprint density at radius 2 is 1.72 bits per heavy atom. The minimum atomic E-state index is -1.25. The van der Waals surface area contributed by atoms with Crippen LogP contribution in [0.4, 0.5) is 5.69 Å². The molecule has 0 amide bonds. The number of benzene rings is 3. The first-order chi connectivity index (χ1) is 15.2. The Kier molecular flexibility index (Phi) is 5.18. The molecule has 0 bridgehead atoms. The smallest absolute Gasteiger partial charge is 0.336 e. The molecular formula is C25H21NO6. The quantitative estimate of drug-likeness (QED) is 0.380. The normalized spacial score (nSPS) is 11.1. The molecule has 0 aromatic heterocycles. The zero-order chi connectivity index (χ0) is 23.2. The summed E-state index contributed by atoms with van der Waals surface area (Å²) in [5.74, 6) is -2.14. The predicted molar refractivity (Wildman–Crippen MR) is 122 cm³/mol. The van der Waals surface area contributed by atoms with E-state index < -0.39 is 11.9 Å². The summed E-state index contributed by atoms with van der Waals surface area (Å²) < 4.78 is 6.07. The Morgan fingerprint density at radius 3 is 2.38 bits per heavy atom. The second-order valence-electron chi connectivity index (χ2n) is 7.63. The summed E-state index contributed by atoms with van der Waals surface area (Å²) >= 11 is 0. The summed E-state index contributed by atoms with van der Waals surface area (Å²) in [7, 11) is 0. The van der Waals surface area contributed by atoms with Crippen molar-refractivity contribution in [2.75, 3.05) is 11.9 Å². The van der Waals surface area contributed by atoms with E-state index in [1.807, 2.05) is 26.0 Å². The fourth-order valence-corrected chi connectivity index (χ4v) is 3.99. The maximum absolute atomic E-state index is 12.6. The van der Waals surface area contributed by atoms with Gasteiger partial charge in [0.15, 0.2) is 5.43 Å². The van der Waals surface area contributed by atoms with Crippen molar-refractivity contribution in [3.8, 4) is 22.5 Å². The van der Waals surface area contributed by atoms with Crippen LogP contribution in [0.5, 0.6) is 0 Å². The van der Waals surface area contributed by atoms with E-state index in [-0.39, 0.29) is 16.6 Å². The highest BCUT2D eigenvalue weighted by atomic mass is 16.4. The Hall–Kier alpha value is -4.13. The minimum absolute atomic E-state index is 0.124. The lowest BCUT2D eigenvalue weighted by Crippen LogP contribution is -2.13. The molecular weight excluding hydrogens is 410 g/mol. The van der Waals surface area contributed by atoms with Gasteiger partial charge in [0, 0.05) is 34.7 Å². The van der Waals surface area contributed by atoms with Gasteiger partial charge in [0.05, 0.1) is 16.8 Å². The molecule has 162 valence electrons. The van der Waals surface area contributed by atoms with Crippen molar-refractivity contribution >= 4 is 28.6 Å². The molecule has 32 heavy (non-hydrogen) atoms. The molecule has 0 fully saturated rings. The largest absolute Gasteiger partial charge is 0.478 e. The van der Waals surface area contributed by atoms with Crippen molar-refractivity contribution in [1.82, 2.24) is 0 Å².